The zero-order valence-electron chi connectivity index (χ0n) is 10.4. The average molecular weight is 272 g/mol. The highest BCUT2D eigenvalue weighted by molar-refractivity contribution is 7.48. The molecule has 1 aromatic rings. The Kier molecular flexibility index (Phi) is 4.54. The molecule has 0 amide bonds. The highest BCUT2D eigenvalue weighted by atomic mass is 31.2. The van der Waals surface area contributed by atoms with E-state index in [2.05, 4.69) is 0 Å². The van der Waals surface area contributed by atoms with Gasteiger partial charge in [-0.1, -0.05) is 30.3 Å². The largest absolute Gasteiger partial charge is 0.475 e. The van der Waals surface area contributed by atoms with Crippen LogP contribution in [0.25, 0.3) is 0 Å². The summed E-state index contributed by atoms with van der Waals surface area (Å²) in [4.78, 5) is 0. The lowest BCUT2D eigenvalue weighted by Crippen LogP contribution is -2.36. The number of hydrogen-bond acceptors (Lipinski definition) is 5. The van der Waals surface area contributed by atoms with Crippen molar-refractivity contribution in [2.45, 2.75) is 25.7 Å². The first-order chi connectivity index (χ1) is 8.63. The summed E-state index contributed by atoms with van der Waals surface area (Å²) >= 11 is 0. The number of methoxy groups -OCH3 is 1. The summed E-state index contributed by atoms with van der Waals surface area (Å²) in [6, 6.07) is 9.46. The number of ether oxygens (including phenoxy) is 1. The monoisotopic (exact) mass is 272 g/mol. The van der Waals surface area contributed by atoms with Crippen LogP contribution in [0.2, 0.25) is 0 Å². The molecule has 1 aliphatic heterocycles. The first-order valence-electron chi connectivity index (χ1n) is 5.77. The summed E-state index contributed by atoms with van der Waals surface area (Å²) in [6.45, 7) is 2.20. The van der Waals surface area contributed by atoms with Gasteiger partial charge in [0.1, 0.15) is 6.10 Å². The van der Waals surface area contributed by atoms with Crippen LogP contribution in [-0.4, -0.2) is 25.9 Å². The molecule has 1 saturated heterocycles. The van der Waals surface area contributed by atoms with Crippen molar-refractivity contribution in [1.29, 1.82) is 0 Å². The fraction of sp³-hybridized carbons (Fsp3) is 0.500. The van der Waals surface area contributed by atoms with Gasteiger partial charge in [-0.15, -0.1) is 0 Å². The molecule has 0 aliphatic carbocycles. The minimum atomic E-state index is -3.47. The fourth-order valence-electron chi connectivity index (χ4n) is 1.66. The predicted molar refractivity (Wildman–Crippen MR) is 66.1 cm³/mol. The summed E-state index contributed by atoms with van der Waals surface area (Å²) in [5.41, 5.74) is 0.918. The van der Waals surface area contributed by atoms with Gasteiger partial charge in [-0.2, -0.15) is 0 Å². The summed E-state index contributed by atoms with van der Waals surface area (Å²) in [5.74, 6) is 0. The molecular formula is C12H17O5P. The molecule has 5 nitrogen and oxygen atoms in total. The molecule has 2 rings (SSSR count). The van der Waals surface area contributed by atoms with Gasteiger partial charge in [-0.3, -0.25) is 13.6 Å². The van der Waals surface area contributed by atoms with Crippen LogP contribution in [-0.2, 0) is 29.5 Å². The zero-order chi connectivity index (χ0) is 13.0. The fourth-order valence-corrected chi connectivity index (χ4v) is 3.03. The van der Waals surface area contributed by atoms with Crippen molar-refractivity contribution in [3.63, 3.8) is 0 Å². The Bertz CT molecular complexity index is 422. The van der Waals surface area contributed by atoms with E-state index in [4.69, 9.17) is 18.3 Å². The van der Waals surface area contributed by atoms with E-state index in [0.717, 1.165) is 5.56 Å². The Labute approximate surface area is 107 Å². The van der Waals surface area contributed by atoms with Crippen molar-refractivity contribution >= 4 is 7.82 Å². The molecule has 1 unspecified atom stereocenters. The first-order valence-corrected chi connectivity index (χ1v) is 7.23. The minimum absolute atomic E-state index is 0.197. The molecule has 1 fully saturated rings. The average Bonchev–Trinajstić information content (AvgIpc) is 2.38. The lowest BCUT2D eigenvalue weighted by atomic mass is 10.2. The molecule has 0 aromatic heterocycles. The van der Waals surface area contributed by atoms with Gasteiger partial charge in [0.25, 0.3) is 0 Å². The van der Waals surface area contributed by atoms with Crippen LogP contribution < -0.4 is 0 Å². The van der Waals surface area contributed by atoms with E-state index in [1.165, 1.54) is 0 Å². The van der Waals surface area contributed by atoms with Crippen molar-refractivity contribution in [3.05, 3.63) is 35.9 Å². The Morgan fingerprint density at radius 2 is 2.11 bits per heavy atom. The molecule has 0 bridgehead atoms. The first kappa shape index (κ1) is 13.7. The van der Waals surface area contributed by atoms with E-state index in [1.807, 2.05) is 30.3 Å². The van der Waals surface area contributed by atoms with Gasteiger partial charge >= 0.3 is 7.82 Å². The third kappa shape index (κ3) is 3.40. The van der Waals surface area contributed by atoms with Gasteiger partial charge in [-0.05, 0) is 12.5 Å². The van der Waals surface area contributed by atoms with Crippen molar-refractivity contribution in [2.24, 2.45) is 0 Å². The van der Waals surface area contributed by atoms with Gasteiger partial charge in [0.15, 0.2) is 0 Å². The number of phosphoric acid groups is 1. The van der Waals surface area contributed by atoms with Gasteiger partial charge in [0.2, 0.25) is 0 Å². The second kappa shape index (κ2) is 5.95. The van der Waals surface area contributed by atoms with Gasteiger partial charge in [-0.25, -0.2) is 4.57 Å². The SMILES string of the molecule is CO[C@@H]1COP(=O)(OCc2ccccc2)O[C@H]1C. The lowest BCUT2D eigenvalue weighted by molar-refractivity contribution is -0.0742. The molecule has 0 N–H and O–H groups in total. The standard InChI is InChI=1S/C12H17O5P/c1-10-12(14-2)9-16-18(13,17-10)15-8-11-6-4-3-5-7-11/h3-7,10,12H,8-9H2,1-2H3/t10-,12+,18?/m0/s1. The number of phosphoric ester groups is 1. The third-order valence-electron chi connectivity index (χ3n) is 2.75. The molecule has 0 saturated carbocycles. The maximum Gasteiger partial charge on any atom is 0.475 e. The molecule has 1 heterocycles. The van der Waals surface area contributed by atoms with Crippen LogP contribution in [0.1, 0.15) is 12.5 Å². The highest BCUT2D eigenvalue weighted by Gasteiger charge is 2.39. The lowest BCUT2D eigenvalue weighted by Gasteiger charge is -2.32. The summed E-state index contributed by atoms with van der Waals surface area (Å²) in [7, 11) is -1.90. The highest BCUT2D eigenvalue weighted by Crippen LogP contribution is 2.54. The minimum Gasteiger partial charge on any atom is -0.376 e. The molecule has 0 radical (unpaired) electrons. The molecule has 0 spiro atoms. The Morgan fingerprint density at radius 3 is 2.72 bits per heavy atom. The summed E-state index contributed by atoms with van der Waals surface area (Å²) in [5, 5.41) is 0. The van der Waals surface area contributed by atoms with E-state index in [-0.39, 0.29) is 25.4 Å². The molecular weight excluding hydrogens is 255 g/mol. The molecule has 18 heavy (non-hydrogen) atoms. The Balaban J connectivity index is 1.91. The summed E-state index contributed by atoms with van der Waals surface area (Å²) in [6.07, 6.45) is -0.530. The molecule has 3 atom stereocenters. The van der Waals surface area contributed by atoms with Crippen LogP contribution in [0.4, 0.5) is 0 Å². The Morgan fingerprint density at radius 1 is 1.39 bits per heavy atom. The normalized spacial score (nSPS) is 32.3. The van der Waals surface area contributed by atoms with Crippen LogP contribution in [0, 0.1) is 0 Å². The van der Waals surface area contributed by atoms with Crippen LogP contribution in [0.5, 0.6) is 0 Å². The van der Waals surface area contributed by atoms with Crippen LogP contribution >= 0.6 is 7.82 Å². The van der Waals surface area contributed by atoms with Crippen LogP contribution in [0.3, 0.4) is 0 Å². The van der Waals surface area contributed by atoms with E-state index < -0.39 is 7.82 Å². The smallest absolute Gasteiger partial charge is 0.376 e. The van der Waals surface area contributed by atoms with E-state index in [0.29, 0.717) is 0 Å². The van der Waals surface area contributed by atoms with E-state index in [1.54, 1.807) is 14.0 Å². The molecule has 6 heteroatoms. The molecule has 1 aromatic carbocycles. The van der Waals surface area contributed by atoms with Crippen molar-refractivity contribution in [3.8, 4) is 0 Å². The van der Waals surface area contributed by atoms with E-state index >= 15 is 0 Å². The van der Waals surface area contributed by atoms with Crippen LogP contribution in [0.15, 0.2) is 30.3 Å². The topological polar surface area (TPSA) is 54.0 Å². The second-order valence-corrected chi connectivity index (χ2v) is 5.71. The van der Waals surface area contributed by atoms with Crippen molar-refractivity contribution in [1.82, 2.24) is 0 Å². The third-order valence-corrected chi connectivity index (χ3v) is 4.25. The molecule has 1 aliphatic rings. The molecule has 100 valence electrons. The van der Waals surface area contributed by atoms with Crippen molar-refractivity contribution < 1.29 is 22.9 Å². The van der Waals surface area contributed by atoms with Gasteiger partial charge < -0.3 is 4.74 Å². The maximum absolute atomic E-state index is 12.2. The van der Waals surface area contributed by atoms with Gasteiger partial charge in [0, 0.05) is 7.11 Å². The second-order valence-electron chi connectivity index (χ2n) is 4.09. The zero-order valence-corrected chi connectivity index (χ0v) is 11.3. The number of hydrogen-bond donors (Lipinski definition) is 0. The maximum atomic E-state index is 12.2. The Hall–Kier alpha value is -0.710. The summed E-state index contributed by atoms with van der Waals surface area (Å²) < 4.78 is 33.0. The van der Waals surface area contributed by atoms with Crippen molar-refractivity contribution in [2.75, 3.05) is 13.7 Å². The van der Waals surface area contributed by atoms with Gasteiger partial charge in [0.05, 0.1) is 19.3 Å². The predicted octanol–water partition coefficient (Wildman–Crippen LogP) is 2.76. The quantitative estimate of drug-likeness (QED) is 0.789. The number of benzene rings is 1. The van der Waals surface area contributed by atoms with E-state index in [9.17, 15) is 4.57 Å². The number of rotatable bonds is 4.